The zero-order valence-corrected chi connectivity index (χ0v) is 14.1. The van der Waals surface area contributed by atoms with Crippen molar-refractivity contribution in [3.05, 3.63) is 0 Å². The van der Waals surface area contributed by atoms with Crippen molar-refractivity contribution in [1.82, 2.24) is 16.0 Å². The fourth-order valence-corrected chi connectivity index (χ4v) is 1.90. The van der Waals surface area contributed by atoms with Crippen LogP contribution in [0.4, 0.5) is 0 Å². The summed E-state index contributed by atoms with van der Waals surface area (Å²) in [6.45, 7) is 2.85. The Morgan fingerprint density at radius 3 is 2.22 bits per heavy atom. The Hall–Kier alpha value is -1.81. The number of hydrogen-bond acceptors (Lipinski definition) is 6. The lowest BCUT2D eigenvalue weighted by Crippen LogP contribution is -2.53. The Morgan fingerprint density at radius 2 is 1.78 bits per heavy atom. The zero-order chi connectivity index (χ0) is 18.0. The van der Waals surface area contributed by atoms with E-state index in [1.54, 1.807) is 6.92 Å². The lowest BCUT2D eigenvalue weighted by atomic mass is 9.99. The highest BCUT2D eigenvalue weighted by Gasteiger charge is 2.26. The van der Waals surface area contributed by atoms with Crippen LogP contribution >= 0.6 is 12.6 Å². The smallest absolute Gasteiger partial charge is 0.326 e. The summed E-state index contributed by atoms with van der Waals surface area (Å²) in [5.74, 6) is -3.11. The molecule has 10 heteroatoms. The van der Waals surface area contributed by atoms with Crippen LogP contribution in [0.3, 0.4) is 0 Å². The zero-order valence-electron chi connectivity index (χ0n) is 13.2. The number of nitrogens with one attached hydrogen (secondary N) is 3. The molecular weight excluding hydrogens is 324 g/mol. The number of thiol groups is 1. The van der Waals surface area contributed by atoms with Gasteiger partial charge in [0.25, 0.3) is 0 Å². The number of carbonyl (C=O) groups is 4. The second kappa shape index (κ2) is 10.8. The normalized spacial score (nSPS) is 14.3. The van der Waals surface area contributed by atoms with Gasteiger partial charge in [0.1, 0.15) is 12.1 Å². The summed E-state index contributed by atoms with van der Waals surface area (Å²) in [5, 5.41) is 16.1. The molecule has 0 radical (unpaired) electrons. The summed E-state index contributed by atoms with van der Waals surface area (Å²) in [4.78, 5) is 45.9. The predicted octanol–water partition coefficient (Wildman–Crippen LogP) is -1.91. The Morgan fingerprint density at radius 1 is 1.17 bits per heavy atom. The number of carboxylic acids is 1. The van der Waals surface area contributed by atoms with E-state index in [0.717, 1.165) is 0 Å². The van der Waals surface area contributed by atoms with Crippen LogP contribution in [-0.4, -0.2) is 59.7 Å². The van der Waals surface area contributed by atoms with Crippen LogP contribution in [0, 0.1) is 5.92 Å². The Kier molecular flexibility index (Phi) is 9.99. The SMILES string of the molecule is CCC(C)C(NC(=O)CNC(=O)C(CS)NC(=O)CN)C(=O)O. The van der Waals surface area contributed by atoms with Gasteiger partial charge in [0.05, 0.1) is 13.1 Å². The fraction of sp³-hybridized carbons (Fsp3) is 0.692. The maximum atomic E-state index is 11.8. The van der Waals surface area contributed by atoms with Gasteiger partial charge >= 0.3 is 5.97 Å². The van der Waals surface area contributed by atoms with E-state index in [2.05, 4.69) is 28.6 Å². The van der Waals surface area contributed by atoms with Crippen molar-refractivity contribution < 1.29 is 24.3 Å². The highest BCUT2D eigenvalue weighted by Crippen LogP contribution is 2.07. The van der Waals surface area contributed by atoms with Crippen LogP contribution in [0.2, 0.25) is 0 Å². The first kappa shape index (κ1) is 21.2. The maximum Gasteiger partial charge on any atom is 0.326 e. The Bertz CT molecular complexity index is 446. The number of rotatable bonds is 10. The van der Waals surface area contributed by atoms with Gasteiger partial charge in [0, 0.05) is 5.75 Å². The third kappa shape index (κ3) is 7.84. The second-order valence-corrected chi connectivity index (χ2v) is 5.36. The summed E-state index contributed by atoms with van der Waals surface area (Å²) in [6.07, 6.45) is 0.580. The largest absolute Gasteiger partial charge is 0.480 e. The van der Waals surface area contributed by atoms with Crippen LogP contribution in [0.25, 0.3) is 0 Å². The summed E-state index contributed by atoms with van der Waals surface area (Å²) in [7, 11) is 0. The standard InChI is InChI=1S/C13H24N4O5S/c1-3-7(2)11(13(21)22)17-10(19)5-15-12(20)8(6-23)16-9(18)4-14/h7-8,11,23H,3-6,14H2,1-2H3,(H,15,20)(H,16,18)(H,17,19)(H,21,22). The van der Waals surface area contributed by atoms with E-state index in [1.807, 2.05) is 6.92 Å². The molecular formula is C13H24N4O5S. The molecule has 3 amide bonds. The summed E-state index contributed by atoms with van der Waals surface area (Å²) in [6, 6.07) is -1.95. The van der Waals surface area contributed by atoms with E-state index in [9.17, 15) is 19.2 Å². The fourth-order valence-electron chi connectivity index (χ4n) is 1.65. The molecule has 0 fully saturated rings. The molecule has 0 saturated carbocycles. The average Bonchev–Trinajstić information content (AvgIpc) is 2.53. The van der Waals surface area contributed by atoms with Gasteiger partial charge in [-0.2, -0.15) is 12.6 Å². The highest BCUT2D eigenvalue weighted by molar-refractivity contribution is 7.80. The minimum Gasteiger partial charge on any atom is -0.480 e. The predicted molar refractivity (Wildman–Crippen MR) is 86.9 cm³/mol. The van der Waals surface area contributed by atoms with E-state index in [-0.39, 0.29) is 18.2 Å². The van der Waals surface area contributed by atoms with Gasteiger partial charge in [-0.1, -0.05) is 20.3 Å². The van der Waals surface area contributed by atoms with Crippen molar-refractivity contribution in [2.75, 3.05) is 18.8 Å². The molecule has 0 aromatic rings. The van der Waals surface area contributed by atoms with Crippen LogP contribution in [0.1, 0.15) is 20.3 Å². The van der Waals surface area contributed by atoms with Crippen molar-refractivity contribution in [2.45, 2.75) is 32.4 Å². The molecule has 0 aliphatic rings. The molecule has 0 aromatic heterocycles. The van der Waals surface area contributed by atoms with Crippen molar-refractivity contribution in [3.8, 4) is 0 Å². The van der Waals surface area contributed by atoms with E-state index in [1.165, 1.54) is 0 Å². The third-order valence-electron chi connectivity index (χ3n) is 3.24. The first-order valence-electron chi connectivity index (χ1n) is 7.16. The molecule has 3 unspecified atom stereocenters. The molecule has 0 spiro atoms. The summed E-state index contributed by atoms with van der Waals surface area (Å²) >= 11 is 3.94. The molecule has 0 aliphatic heterocycles. The molecule has 6 N–H and O–H groups in total. The first-order valence-corrected chi connectivity index (χ1v) is 7.80. The first-order chi connectivity index (χ1) is 10.8. The van der Waals surface area contributed by atoms with E-state index in [4.69, 9.17) is 10.8 Å². The minimum absolute atomic E-state index is 0.0316. The maximum absolute atomic E-state index is 11.8. The Labute approximate surface area is 140 Å². The van der Waals surface area contributed by atoms with E-state index in [0.29, 0.717) is 6.42 Å². The van der Waals surface area contributed by atoms with Gasteiger partial charge in [-0.25, -0.2) is 4.79 Å². The molecule has 0 rings (SSSR count). The van der Waals surface area contributed by atoms with Crippen molar-refractivity contribution >= 4 is 36.3 Å². The summed E-state index contributed by atoms with van der Waals surface area (Å²) < 4.78 is 0. The van der Waals surface area contributed by atoms with Crippen LogP contribution < -0.4 is 21.7 Å². The molecule has 23 heavy (non-hydrogen) atoms. The molecule has 0 heterocycles. The molecule has 0 aromatic carbocycles. The van der Waals surface area contributed by atoms with Gasteiger partial charge in [-0.05, 0) is 5.92 Å². The number of nitrogens with two attached hydrogens (primary N) is 1. The highest BCUT2D eigenvalue weighted by atomic mass is 32.1. The quantitative estimate of drug-likeness (QED) is 0.254. The molecule has 0 saturated heterocycles. The molecule has 132 valence electrons. The van der Waals surface area contributed by atoms with Gasteiger partial charge < -0.3 is 26.8 Å². The van der Waals surface area contributed by atoms with Gasteiger partial charge in [0.15, 0.2) is 0 Å². The topological polar surface area (TPSA) is 151 Å². The summed E-state index contributed by atoms with van der Waals surface area (Å²) in [5.41, 5.74) is 5.13. The van der Waals surface area contributed by atoms with Crippen molar-refractivity contribution in [1.29, 1.82) is 0 Å². The van der Waals surface area contributed by atoms with Gasteiger partial charge in [-0.15, -0.1) is 0 Å². The number of carbonyl (C=O) groups excluding carboxylic acids is 3. The average molecular weight is 348 g/mol. The van der Waals surface area contributed by atoms with Gasteiger partial charge in [-0.3, -0.25) is 14.4 Å². The van der Waals surface area contributed by atoms with Crippen LogP contribution in [-0.2, 0) is 19.2 Å². The van der Waals surface area contributed by atoms with Gasteiger partial charge in [0.2, 0.25) is 17.7 Å². The molecule has 9 nitrogen and oxygen atoms in total. The Balaban J connectivity index is 4.48. The van der Waals surface area contributed by atoms with E-state index >= 15 is 0 Å². The third-order valence-corrected chi connectivity index (χ3v) is 3.60. The number of hydrogen-bond donors (Lipinski definition) is 6. The number of carboxylic acid groups (broad SMARTS) is 1. The van der Waals surface area contributed by atoms with Crippen molar-refractivity contribution in [2.24, 2.45) is 11.7 Å². The van der Waals surface area contributed by atoms with Crippen molar-refractivity contribution in [3.63, 3.8) is 0 Å². The lowest BCUT2D eigenvalue weighted by molar-refractivity contribution is -0.143. The monoisotopic (exact) mass is 348 g/mol. The van der Waals surface area contributed by atoms with E-state index < -0.39 is 42.3 Å². The second-order valence-electron chi connectivity index (χ2n) is 4.99. The lowest BCUT2D eigenvalue weighted by Gasteiger charge is -2.21. The number of amides is 3. The molecule has 0 bridgehead atoms. The van der Waals surface area contributed by atoms with Crippen LogP contribution in [0.15, 0.2) is 0 Å². The minimum atomic E-state index is -1.14. The van der Waals surface area contributed by atoms with Crippen LogP contribution in [0.5, 0.6) is 0 Å². The molecule has 3 atom stereocenters. The molecule has 0 aliphatic carbocycles. The number of aliphatic carboxylic acids is 1.